The van der Waals surface area contributed by atoms with E-state index < -0.39 is 7.55 Å². The van der Waals surface area contributed by atoms with Crippen molar-refractivity contribution in [3.63, 3.8) is 0 Å². The van der Waals surface area contributed by atoms with Crippen molar-refractivity contribution in [2.24, 2.45) is 0 Å². The molecule has 0 saturated heterocycles. The second-order valence-electron chi connectivity index (χ2n) is 2.48. The fraction of sp³-hybridized carbons (Fsp3) is 1.00. The Hall–Kier alpha value is 0.467. The van der Waals surface area contributed by atoms with Gasteiger partial charge in [0.25, 0.3) is 0 Å². The molecule has 0 bridgehead atoms. The molecule has 0 amide bonds. The monoisotopic (exact) mass is 151 g/mol. The molecule has 0 saturated carbocycles. The quantitative estimate of drug-likeness (QED) is 0.470. The smallest absolute Gasteiger partial charge is 0.225 e. The molecule has 0 heterocycles. The van der Waals surface area contributed by atoms with Crippen molar-refractivity contribution in [3.8, 4) is 0 Å². The fourth-order valence-corrected chi connectivity index (χ4v) is 0.866. The molecule has 0 radical (unpaired) electrons. The van der Waals surface area contributed by atoms with Gasteiger partial charge < -0.3 is 4.98 Å². The molecule has 1 N–H and O–H groups in total. The lowest BCUT2D eigenvalue weighted by molar-refractivity contribution is 0.974. The van der Waals surface area contributed by atoms with Crippen molar-refractivity contribution in [1.82, 2.24) is 4.98 Å². The average Bonchev–Trinajstić information content (AvgIpc) is 1.67. The van der Waals surface area contributed by atoms with Crippen molar-refractivity contribution in [1.29, 1.82) is 0 Å². The molecule has 0 fully saturated rings. The van der Waals surface area contributed by atoms with Crippen molar-refractivity contribution in [2.75, 3.05) is 7.05 Å². The molecule has 1 unspecified atom stereocenters. The predicted molar refractivity (Wildman–Crippen MR) is 41.6 cm³/mol. The van der Waals surface area contributed by atoms with Gasteiger partial charge in [-0.05, 0) is 19.1 Å². The predicted octanol–water partition coefficient (Wildman–Crippen LogP) is 1.93. The molecule has 1 nitrogen and oxygen atoms in total. The van der Waals surface area contributed by atoms with E-state index in [2.05, 4.69) is 25.4 Å². The molecule has 0 aliphatic rings. The number of hydrogen-bond acceptors (Lipinski definition) is 1. The summed E-state index contributed by atoms with van der Waals surface area (Å²) >= 11 is 6.08. The first kappa shape index (κ1) is 8.47. The Morgan fingerprint density at radius 1 is 1.50 bits per heavy atom. The number of nitrogens with one attached hydrogen (secondary N) is 1. The number of halogens is 1. The molecular formula is C5H14ClNSi. The minimum Gasteiger partial charge on any atom is -0.328 e. The van der Waals surface area contributed by atoms with Crippen molar-refractivity contribution < 1.29 is 0 Å². The molecular weight excluding hydrogens is 138 g/mol. The molecule has 1 atom stereocenters. The van der Waals surface area contributed by atoms with Gasteiger partial charge in [0.05, 0.1) is 0 Å². The highest BCUT2D eigenvalue weighted by atomic mass is 35.6. The van der Waals surface area contributed by atoms with Crippen molar-refractivity contribution in [3.05, 3.63) is 0 Å². The van der Waals surface area contributed by atoms with Crippen LogP contribution in [0.25, 0.3) is 0 Å². The first-order valence-electron chi connectivity index (χ1n) is 2.88. The molecule has 0 aliphatic carbocycles. The Bertz CT molecular complexity index is 72.8. The summed E-state index contributed by atoms with van der Waals surface area (Å²) in [7, 11) is 0.397. The highest BCUT2D eigenvalue weighted by Gasteiger charge is 2.26. The maximum absolute atomic E-state index is 6.08. The van der Waals surface area contributed by atoms with Crippen LogP contribution in [0, 0.1) is 0 Å². The van der Waals surface area contributed by atoms with E-state index in [1.807, 2.05) is 7.05 Å². The lowest BCUT2D eigenvalue weighted by Crippen LogP contribution is -2.42. The minimum absolute atomic E-state index is 0.606. The standard InChI is InChI=1S/C5H14ClNSi/c1-5(2)8(4,6)7-3/h5,7H,1-4H3. The third-order valence-electron chi connectivity index (χ3n) is 1.57. The van der Waals surface area contributed by atoms with Gasteiger partial charge in [-0.15, -0.1) is 11.1 Å². The lowest BCUT2D eigenvalue weighted by Gasteiger charge is -2.21. The van der Waals surface area contributed by atoms with Gasteiger partial charge in [0.15, 0.2) is 0 Å². The maximum atomic E-state index is 6.08. The molecule has 50 valence electrons. The first-order chi connectivity index (χ1) is 3.50. The molecule has 3 heteroatoms. The van der Waals surface area contributed by atoms with Gasteiger partial charge in [0.2, 0.25) is 7.55 Å². The van der Waals surface area contributed by atoms with Crippen LogP contribution in [0.3, 0.4) is 0 Å². The van der Waals surface area contributed by atoms with Crippen LogP contribution in [-0.2, 0) is 0 Å². The Morgan fingerprint density at radius 2 is 1.88 bits per heavy atom. The Morgan fingerprint density at radius 3 is 1.88 bits per heavy atom. The van der Waals surface area contributed by atoms with Gasteiger partial charge in [-0.2, -0.15) is 0 Å². The van der Waals surface area contributed by atoms with Crippen LogP contribution in [0.1, 0.15) is 13.8 Å². The van der Waals surface area contributed by atoms with E-state index in [0.717, 1.165) is 0 Å². The van der Waals surface area contributed by atoms with Crippen LogP contribution in [-0.4, -0.2) is 14.6 Å². The summed E-state index contributed by atoms with van der Waals surface area (Å²) in [4.78, 5) is 3.15. The van der Waals surface area contributed by atoms with E-state index in [9.17, 15) is 0 Å². The highest BCUT2D eigenvalue weighted by Crippen LogP contribution is 2.20. The van der Waals surface area contributed by atoms with Gasteiger partial charge in [-0.25, -0.2) is 0 Å². The van der Waals surface area contributed by atoms with E-state index in [1.54, 1.807) is 0 Å². The van der Waals surface area contributed by atoms with Crippen LogP contribution >= 0.6 is 11.1 Å². The number of hydrogen-bond donors (Lipinski definition) is 1. The average molecular weight is 152 g/mol. The van der Waals surface area contributed by atoms with E-state index in [0.29, 0.717) is 5.54 Å². The fourth-order valence-electron chi connectivity index (χ4n) is 0.289. The van der Waals surface area contributed by atoms with E-state index in [1.165, 1.54) is 0 Å². The summed E-state index contributed by atoms with van der Waals surface area (Å²) < 4.78 is 0. The van der Waals surface area contributed by atoms with Crippen molar-refractivity contribution in [2.45, 2.75) is 25.9 Å². The van der Waals surface area contributed by atoms with Gasteiger partial charge in [0, 0.05) is 0 Å². The lowest BCUT2D eigenvalue weighted by atomic mass is 10.6. The van der Waals surface area contributed by atoms with Gasteiger partial charge in [-0.3, -0.25) is 0 Å². The van der Waals surface area contributed by atoms with Crippen LogP contribution in [0.2, 0.25) is 12.1 Å². The first-order valence-corrected chi connectivity index (χ1v) is 6.47. The van der Waals surface area contributed by atoms with E-state index >= 15 is 0 Å². The Labute approximate surface area is 57.2 Å². The zero-order valence-corrected chi connectivity index (χ0v) is 7.71. The van der Waals surface area contributed by atoms with Gasteiger partial charge >= 0.3 is 0 Å². The van der Waals surface area contributed by atoms with Crippen LogP contribution in [0.4, 0.5) is 0 Å². The summed E-state index contributed by atoms with van der Waals surface area (Å²) in [6.45, 7) is 6.41. The SMILES string of the molecule is CN[Si](C)(Cl)C(C)C. The third-order valence-corrected chi connectivity index (χ3v) is 6.60. The molecule has 0 aliphatic heterocycles. The van der Waals surface area contributed by atoms with Gasteiger partial charge in [0.1, 0.15) is 0 Å². The van der Waals surface area contributed by atoms with E-state index in [4.69, 9.17) is 11.1 Å². The van der Waals surface area contributed by atoms with Gasteiger partial charge in [-0.1, -0.05) is 13.8 Å². The van der Waals surface area contributed by atoms with E-state index in [-0.39, 0.29) is 0 Å². The Kier molecular flexibility index (Phi) is 3.02. The zero-order chi connectivity index (χ0) is 6.78. The minimum atomic E-state index is -1.53. The molecule has 8 heavy (non-hydrogen) atoms. The normalized spacial score (nSPS) is 18.8. The van der Waals surface area contributed by atoms with Crippen LogP contribution in [0.5, 0.6) is 0 Å². The molecule has 0 aromatic rings. The molecule has 0 aromatic heterocycles. The maximum Gasteiger partial charge on any atom is 0.225 e. The summed E-state index contributed by atoms with van der Waals surface area (Å²) in [5.74, 6) is 0. The number of rotatable bonds is 2. The van der Waals surface area contributed by atoms with Crippen LogP contribution < -0.4 is 4.98 Å². The molecule has 0 aromatic carbocycles. The third kappa shape index (κ3) is 2.16. The summed E-state index contributed by atoms with van der Waals surface area (Å²) in [6, 6.07) is 0. The van der Waals surface area contributed by atoms with Crippen molar-refractivity contribution >= 4 is 18.6 Å². The topological polar surface area (TPSA) is 12.0 Å². The Balaban J connectivity index is 3.71. The zero-order valence-electron chi connectivity index (χ0n) is 5.96. The molecule has 0 spiro atoms. The van der Waals surface area contributed by atoms with Crippen LogP contribution in [0.15, 0.2) is 0 Å². The largest absolute Gasteiger partial charge is 0.328 e. The second-order valence-corrected chi connectivity index (χ2v) is 8.64. The summed E-state index contributed by atoms with van der Waals surface area (Å²) in [6.07, 6.45) is 0. The second kappa shape index (κ2) is 2.85. The summed E-state index contributed by atoms with van der Waals surface area (Å²) in [5.41, 5.74) is 0.606. The highest BCUT2D eigenvalue weighted by molar-refractivity contribution is 7.18. The molecule has 0 rings (SSSR count). The summed E-state index contributed by atoms with van der Waals surface area (Å²) in [5, 5.41) is 0.